The van der Waals surface area contributed by atoms with Gasteiger partial charge in [-0.25, -0.2) is 0 Å². The molecule has 4 nitrogen and oxygen atoms in total. The van der Waals surface area contributed by atoms with E-state index in [1.54, 1.807) is 0 Å². The first-order valence-corrected chi connectivity index (χ1v) is 8.94. The Kier molecular flexibility index (Phi) is 5.98. The number of para-hydroxylation sites is 1. The van der Waals surface area contributed by atoms with Gasteiger partial charge in [0.25, 0.3) is 10.1 Å². The number of hydrogen-bond donors (Lipinski definition) is 1. The first-order valence-electron chi connectivity index (χ1n) is 7.34. The molecule has 0 spiro atoms. The highest BCUT2D eigenvalue weighted by atomic mass is 32.2. The van der Waals surface area contributed by atoms with Crippen LogP contribution in [0, 0.1) is 0 Å². The van der Waals surface area contributed by atoms with Crippen molar-refractivity contribution >= 4 is 15.8 Å². The predicted octanol–water partition coefficient (Wildman–Crippen LogP) is 3.01. The molecular formula is C17H21NO3S. The van der Waals surface area contributed by atoms with Crippen LogP contribution in [0.3, 0.4) is 0 Å². The molecule has 2 rings (SSSR count). The van der Waals surface area contributed by atoms with Crippen molar-refractivity contribution in [3.05, 3.63) is 66.2 Å². The Morgan fingerprint density at radius 1 is 0.864 bits per heavy atom. The summed E-state index contributed by atoms with van der Waals surface area (Å²) >= 11 is 0. The van der Waals surface area contributed by atoms with E-state index in [0.29, 0.717) is 13.0 Å². The minimum absolute atomic E-state index is 0.207. The van der Waals surface area contributed by atoms with Gasteiger partial charge in [0.05, 0.1) is 5.75 Å². The second-order valence-corrected chi connectivity index (χ2v) is 6.77. The third-order valence-corrected chi connectivity index (χ3v) is 4.27. The maximum Gasteiger partial charge on any atom is 0.264 e. The zero-order valence-electron chi connectivity index (χ0n) is 12.4. The van der Waals surface area contributed by atoms with Crippen molar-refractivity contribution in [3.8, 4) is 0 Å². The van der Waals surface area contributed by atoms with Gasteiger partial charge >= 0.3 is 0 Å². The summed E-state index contributed by atoms with van der Waals surface area (Å²) in [6, 6.07) is 20.1. The van der Waals surface area contributed by atoms with E-state index in [1.807, 2.05) is 48.5 Å². The third-order valence-electron chi connectivity index (χ3n) is 3.46. The minimum atomic E-state index is -3.90. The molecule has 0 saturated heterocycles. The molecule has 1 N–H and O–H groups in total. The second kappa shape index (κ2) is 7.96. The first kappa shape index (κ1) is 16.5. The largest absolute Gasteiger partial charge is 0.371 e. The lowest BCUT2D eigenvalue weighted by Crippen LogP contribution is -2.28. The molecule has 0 aliphatic heterocycles. The van der Waals surface area contributed by atoms with Crippen LogP contribution in [0.25, 0.3) is 0 Å². The Balaban J connectivity index is 1.99. The Morgan fingerprint density at radius 3 is 2.05 bits per heavy atom. The van der Waals surface area contributed by atoms with Crippen LogP contribution < -0.4 is 4.90 Å². The Morgan fingerprint density at radius 2 is 1.45 bits per heavy atom. The Bertz CT molecular complexity index is 657. The van der Waals surface area contributed by atoms with Crippen molar-refractivity contribution in [2.24, 2.45) is 0 Å². The van der Waals surface area contributed by atoms with Crippen molar-refractivity contribution in [2.45, 2.75) is 12.8 Å². The van der Waals surface area contributed by atoms with Crippen LogP contribution in [-0.4, -0.2) is 31.8 Å². The van der Waals surface area contributed by atoms with Crippen molar-refractivity contribution in [1.29, 1.82) is 0 Å². The summed E-state index contributed by atoms with van der Waals surface area (Å²) in [6.45, 7) is 1.40. The van der Waals surface area contributed by atoms with Gasteiger partial charge in [0, 0.05) is 18.8 Å². The van der Waals surface area contributed by atoms with Gasteiger partial charge in [-0.15, -0.1) is 0 Å². The highest BCUT2D eigenvalue weighted by Crippen LogP contribution is 2.15. The average molecular weight is 319 g/mol. The SMILES string of the molecule is O=S(=O)(O)CCCN(CCc1ccccc1)c1ccccc1. The van der Waals surface area contributed by atoms with Gasteiger partial charge < -0.3 is 4.90 Å². The Hall–Kier alpha value is -1.85. The van der Waals surface area contributed by atoms with Gasteiger partial charge in [-0.1, -0.05) is 48.5 Å². The van der Waals surface area contributed by atoms with E-state index >= 15 is 0 Å². The van der Waals surface area contributed by atoms with E-state index in [1.165, 1.54) is 5.56 Å². The normalized spacial score (nSPS) is 11.3. The average Bonchev–Trinajstić information content (AvgIpc) is 2.51. The molecule has 0 aromatic heterocycles. The molecule has 0 aliphatic carbocycles. The molecule has 0 fully saturated rings. The molecule has 0 radical (unpaired) electrons. The van der Waals surface area contributed by atoms with Gasteiger partial charge in [0.15, 0.2) is 0 Å². The number of anilines is 1. The van der Waals surface area contributed by atoms with Crippen molar-refractivity contribution < 1.29 is 13.0 Å². The Labute approximate surface area is 132 Å². The number of hydrogen-bond acceptors (Lipinski definition) is 3. The number of benzene rings is 2. The molecule has 5 heteroatoms. The van der Waals surface area contributed by atoms with Gasteiger partial charge in [-0.05, 0) is 30.5 Å². The summed E-state index contributed by atoms with van der Waals surface area (Å²) in [5.74, 6) is -0.207. The molecular weight excluding hydrogens is 298 g/mol. The smallest absolute Gasteiger partial charge is 0.264 e. The molecule has 0 atom stereocenters. The predicted molar refractivity (Wildman–Crippen MR) is 89.8 cm³/mol. The van der Waals surface area contributed by atoms with Gasteiger partial charge in [-0.3, -0.25) is 4.55 Å². The van der Waals surface area contributed by atoms with Crippen LogP contribution in [0.15, 0.2) is 60.7 Å². The molecule has 118 valence electrons. The summed E-state index contributed by atoms with van der Waals surface area (Å²) in [4.78, 5) is 2.15. The first-order chi connectivity index (χ1) is 10.5. The van der Waals surface area contributed by atoms with E-state index in [9.17, 15) is 8.42 Å². The molecule has 2 aromatic carbocycles. The summed E-state index contributed by atoms with van der Waals surface area (Å²) in [6.07, 6.45) is 1.30. The fourth-order valence-corrected chi connectivity index (χ4v) is 2.85. The maximum atomic E-state index is 10.9. The molecule has 0 amide bonds. The lowest BCUT2D eigenvalue weighted by molar-refractivity contribution is 0.481. The van der Waals surface area contributed by atoms with Crippen LogP contribution >= 0.6 is 0 Å². The summed E-state index contributed by atoms with van der Waals surface area (Å²) < 4.78 is 30.6. The topological polar surface area (TPSA) is 57.6 Å². The summed E-state index contributed by atoms with van der Waals surface area (Å²) in [7, 11) is -3.90. The fraction of sp³-hybridized carbons (Fsp3) is 0.294. The van der Waals surface area contributed by atoms with E-state index < -0.39 is 10.1 Å². The van der Waals surface area contributed by atoms with Crippen LogP contribution in [0.2, 0.25) is 0 Å². The fourth-order valence-electron chi connectivity index (χ4n) is 2.36. The monoisotopic (exact) mass is 319 g/mol. The van der Waals surface area contributed by atoms with Gasteiger partial charge in [0.1, 0.15) is 0 Å². The maximum absolute atomic E-state index is 10.9. The van der Waals surface area contributed by atoms with Crippen molar-refractivity contribution in [3.63, 3.8) is 0 Å². The third kappa shape index (κ3) is 5.87. The van der Waals surface area contributed by atoms with Gasteiger partial charge in [-0.2, -0.15) is 8.42 Å². The summed E-state index contributed by atoms with van der Waals surface area (Å²) in [5.41, 5.74) is 2.31. The van der Waals surface area contributed by atoms with Crippen LogP contribution in [0.5, 0.6) is 0 Å². The lowest BCUT2D eigenvalue weighted by Gasteiger charge is -2.24. The molecule has 0 unspecified atom stereocenters. The highest BCUT2D eigenvalue weighted by molar-refractivity contribution is 7.85. The number of nitrogens with zero attached hydrogens (tertiary/aromatic N) is 1. The van der Waals surface area contributed by atoms with E-state index in [4.69, 9.17) is 4.55 Å². The molecule has 0 heterocycles. The zero-order valence-corrected chi connectivity index (χ0v) is 13.2. The molecule has 0 saturated carbocycles. The van der Waals surface area contributed by atoms with E-state index in [-0.39, 0.29) is 5.75 Å². The van der Waals surface area contributed by atoms with E-state index in [2.05, 4.69) is 17.0 Å². The molecule has 0 bridgehead atoms. The van der Waals surface area contributed by atoms with Crippen molar-refractivity contribution in [2.75, 3.05) is 23.7 Å². The second-order valence-electron chi connectivity index (χ2n) is 5.20. The van der Waals surface area contributed by atoms with Gasteiger partial charge in [0.2, 0.25) is 0 Å². The van der Waals surface area contributed by atoms with Crippen molar-refractivity contribution in [1.82, 2.24) is 0 Å². The minimum Gasteiger partial charge on any atom is -0.371 e. The van der Waals surface area contributed by atoms with Crippen LogP contribution in [0.1, 0.15) is 12.0 Å². The van der Waals surface area contributed by atoms with Crippen LogP contribution in [0.4, 0.5) is 5.69 Å². The molecule has 2 aromatic rings. The standard InChI is InChI=1S/C17H21NO3S/c19-22(20,21)15-7-13-18(17-10-5-2-6-11-17)14-12-16-8-3-1-4-9-16/h1-6,8-11H,7,12-15H2,(H,19,20,21). The molecule has 0 aliphatic rings. The zero-order chi connectivity index (χ0) is 15.8. The quantitative estimate of drug-likeness (QED) is 0.760. The highest BCUT2D eigenvalue weighted by Gasteiger charge is 2.09. The number of rotatable bonds is 8. The lowest BCUT2D eigenvalue weighted by atomic mass is 10.1. The van der Waals surface area contributed by atoms with Crippen LogP contribution in [-0.2, 0) is 16.5 Å². The molecule has 22 heavy (non-hydrogen) atoms. The van der Waals surface area contributed by atoms with E-state index in [0.717, 1.165) is 18.7 Å². The summed E-state index contributed by atoms with van der Waals surface area (Å²) in [5, 5.41) is 0.